The number of nitrogens with one attached hydrogen (secondary N) is 2. The van der Waals surface area contributed by atoms with Crippen LogP contribution in [-0.4, -0.2) is 31.5 Å². The van der Waals surface area contributed by atoms with E-state index in [2.05, 4.69) is 20.6 Å². The summed E-state index contributed by atoms with van der Waals surface area (Å²) < 4.78 is 46.8. The second-order valence-electron chi connectivity index (χ2n) is 8.46. The van der Waals surface area contributed by atoms with Gasteiger partial charge in [0.05, 0.1) is 22.8 Å². The van der Waals surface area contributed by atoms with Crippen LogP contribution in [0.25, 0.3) is 11.1 Å². The van der Waals surface area contributed by atoms with Crippen molar-refractivity contribution in [2.75, 3.05) is 23.9 Å². The molecule has 4 aromatic rings. The Bertz CT molecular complexity index is 1730. The molecule has 1 heterocycles. The number of carbonyl (C=O) groups excluding carboxylic acids is 1. The van der Waals surface area contributed by atoms with Crippen molar-refractivity contribution in [3.63, 3.8) is 0 Å². The summed E-state index contributed by atoms with van der Waals surface area (Å²) in [5, 5.41) is 5.78. The number of anilines is 3. The lowest BCUT2D eigenvalue weighted by atomic mass is 10.0. The zero-order chi connectivity index (χ0) is 29.7. The van der Waals surface area contributed by atoms with E-state index in [-0.39, 0.29) is 30.6 Å². The first-order chi connectivity index (χ1) is 19.4. The van der Waals surface area contributed by atoms with Crippen molar-refractivity contribution in [1.82, 2.24) is 15.3 Å². The van der Waals surface area contributed by atoms with Gasteiger partial charge in [0.2, 0.25) is 5.95 Å². The molecule has 1 aromatic heterocycles. The monoisotopic (exact) mass is 620 g/mol. The fourth-order valence-electron chi connectivity index (χ4n) is 3.79. The standard InChI is InChI=1S/C26H23Cl2FN6O5S/c1-39-22-9-14(12-32-26(36)33-16-3-2-4-17(11-16)41(29,37)38)5-8-21(22)40-13-20-23(24(30)35-25(31)34-20)15-6-7-18(27)19(28)10-15/h2-11H,12-13H2,1H3,(H2,32,33,36)(H4,30,31,34,35). The molecule has 2 amide bonds. The number of halogens is 3. The summed E-state index contributed by atoms with van der Waals surface area (Å²) in [6.07, 6.45) is 0. The first-order valence-electron chi connectivity index (χ1n) is 11.7. The number of benzene rings is 3. The van der Waals surface area contributed by atoms with Crippen molar-refractivity contribution >= 4 is 56.9 Å². The first kappa shape index (κ1) is 29.6. The van der Waals surface area contributed by atoms with Gasteiger partial charge in [-0.05, 0) is 53.6 Å². The fraction of sp³-hybridized carbons (Fsp3) is 0.115. The minimum atomic E-state index is -4.90. The third-order valence-electron chi connectivity index (χ3n) is 5.66. The Morgan fingerprint density at radius 1 is 1.00 bits per heavy atom. The maximum absolute atomic E-state index is 13.2. The van der Waals surface area contributed by atoms with Crippen molar-refractivity contribution in [3.8, 4) is 22.6 Å². The first-order valence-corrected chi connectivity index (χ1v) is 13.8. The lowest BCUT2D eigenvalue weighted by molar-refractivity contribution is 0.251. The molecule has 3 aromatic carbocycles. The van der Waals surface area contributed by atoms with Crippen molar-refractivity contribution in [3.05, 3.63) is 82.0 Å². The predicted molar refractivity (Wildman–Crippen MR) is 154 cm³/mol. The highest BCUT2D eigenvalue weighted by Crippen LogP contribution is 2.35. The number of nitrogens with two attached hydrogens (primary N) is 2. The molecule has 0 aliphatic carbocycles. The molecule has 4 rings (SSSR count). The number of amides is 2. The highest BCUT2D eigenvalue weighted by molar-refractivity contribution is 7.86. The Morgan fingerprint density at radius 3 is 2.49 bits per heavy atom. The Morgan fingerprint density at radius 2 is 1.78 bits per heavy atom. The second kappa shape index (κ2) is 12.5. The van der Waals surface area contributed by atoms with E-state index < -0.39 is 21.1 Å². The molecule has 0 saturated carbocycles. The summed E-state index contributed by atoms with van der Waals surface area (Å²) in [5.41, 5.74) is 14.3. The van der Waals surface area contributed by atoms with Crippen LogP contribution in [-0.2, 0) is 23.4 Å². The van der Waals surface area contributed by atoms with Gasteiger partial charge in [-0.25, -0.2) is 9.78 Å². The topological polar surface area (TPSA) is 172 Å². The Hall–Kier alpha value is -4.33. The van der Waals surface area contributed by atoms with E-state index in [1.54, 1.807) is 36.4 Å². The SMILES string of the molecule is COc1cc(CNC(=O)Nc2cccc(S(=O)(=O)F)c2)ccc1OCc1nc(N)nc(N)c1-c1ccc(Cl)c(Cl)c1. The molecule has 11 nitrogen and oxygen atoms in total. The molecular formula is C26H23Cl2FN6O5S. The molecule has 0 spiro atoms. The van der Waals surface area contributed by atoms with Crippen molar-refractivity contribution in [1.29, 1.82) is 0 Å². The van der Waals surface area contributed by atoms with Crippen LogP contribution in [0.15, 0.2) is 65.6 Å². The van der Waals surface area contributed by atoms with Gasteiger partial charge in [-0.3, -0.25) is 0 Å². The van der Waals surface area contributed by atoms with Gasteiger partial charge in [0.15, 0.2) is 11.5 Å². The van der Waals surface area contributed by atoms with E-state index in [0.717, 1.165) is 12.1 Å². The predicted octanol–water partition coefficient (Wildman–Crippen LogP) is 5.18. The van der Waals surface area contributed by atoms with Gasteiger partial charge in [0, 0.05) is 17.8 Å². The van der Waals surface area contributed by atoms with Crippen LogP contribution < -0.4 is 31.6 Å². The number of ether oxygens (including phenoxy) is 2. The molecule has 0 fully saturated rings. The number of hydrogen-bond acceptors (Lipinski definition) is 9. The number of aromatic nitrogens is 2. The number of nitrogen functional groups attached to an aromatic ring is 2. The van der Waals surface area contributed by atoms with Crippen LogP contribution in [0, 0.1) is 0 Å². The van der Waals surface area contributed by atoms with E-state index in [1.165, 1.54) is 19.2 Å². The highest BCUT2D eigenvalue weighted by atomic mass is 35.5. The van der Waals surface area contributed by atoms with E-state index in [1.807, 2.05) is 0 Å². The van der Waals surface area contributed by atoms with Gasteiger partial charge in [0.1, 0.15) is 17.3 Å². The molecular weight excluding hydrogens is 598 g/mol. The van der Waals surface area contributed by atoms with Gasteiger partial charge in [-0.2, -0.15) is 13.4 Å². The number of rotatable bonds is 9. The average Bonchev–Trinajstić information content (AvgIpc) is 2.92. The molecule has 0 bridgehead atoms. The molecule has 15 heteroatoms. The van der Waals surface area contributed by atoms with Gasteiger partial charge in [-0.15, -0.1) is 3.89 Å². The van der Waals surface area contributed by atoms with E-state index in [4.69, 9.17) is 44.1 Å². The van der Waals surface area contributed by atoms with Crippen LogP contribution in [0.1, 0.15) is 11.3 Å². The lowest BCUT2D eigenvalue weighted by Gasteiger charge is -2.16. The largest absolute Gasteiger partial charge is 0.493 e. The normalized spacial score (nSPS) is 11.1. The summed E-state index contributed by atoms with van der Waals surface area (Å²) in [6.45, 7) is 0.0422. The third kappa shape index (κ3) is 7.45. The Balaban J connectivity index is 1.45. The number of nitrogens with zero attached hydrogens (tertiary/aromatic N) is 2. The summed E-state index contributed by atoms with van der Waals surface area (Å²) in [5.74, 6) is 0.853. The van der Waals surface area contributed by atoms with Gasteiger partial charge in [0.25, 0.3) is 0 Å². The molecule has 0 aliphatic rings. The summed E-state index contributed by atoms with van der Waals surface area (Å²) in [6, 6.07) is 14.2. The molecule has 0 atom stereocenters. The number of methoxy groups -OCH3 is 1. The lowest BCUT2D eigenvalue weighted by Crippen LogP contribution is -2.28. The highest BCUT2D eigenvalue weighted by Gasteiger charge is 2.17. The van der Waals surface area contributed by atoms with Crippen LogP contribution >= 0.6 is 23.2 Å². The second-order valence-corrected chi connectivity index (χ2v) is 10.6. The molecule has 214 valence electrons. The maximum atomic E-state index is 13.2. The van der Waals surface area contributed by atoms with Gasteiger partial charge < -0.3 is 31.6 Å². The smallest absolute Gasteiger partial charge is 0.332 e. The average molecular weight is 621 g/mol. The third-order valence-corrected chi connectivity index (χ3v) is 7.21. The summed E-state index contributed by atoms with van der Waals surface area (Å²) in [7, 11) is -3.44. The zero-order valence-electron chi connectivity index (χ0n) is 21.3. The number of carbonyl (C=O) groups is 1. The van der Waals surface area contributed by atoms with Crippen molar-refractivity contribution in [2.45, 2.75) is 18.0 Å². The minimum Gasteiger partial charge on any atom is -0.493 e. The quantitative estimate of drug-likeness (QED) is 0.184. The van der Waals surface area contributed by atoms with Crippen LogP contribution in [0.3, 0.4) is 0 Å². The molecule has 0 unspecified atom stereocenters. The van der Waals surface area contributed by atoms with Crippen LogP contribution in [0.2, 0.25) is 10.0 Å². The Kier molecular flexibility index (Phi) is 9.01. The Labute approximate surface area is 244 Å². The van der Waals surface area contributed by atoms with Crippen LogP contribution in [0.4, 0.5) is 26.1 Å². The van der Waals surface area contributed by atoms with E-state index in [0.29, 0.717) is 43.9 Å². The zero-order valence-corrected chi connectivity index (χ0v) is 23.6. The summed E-state index contributed by atoms with van der Waals surface area (Å²) >= 11 is 12.2. The molecule has 0 radical (unpaired) electrons. The minimum absolute atomic E-state index is 0.0328. The van der Waals surface area contributed by atoms with E-state index in [9.17, 15) is 17.1 Å². The maximum Gasteiger partial charge on any atom is 0.332 e. The fourth-order valence-corrected chi connectivity index (χ4v) is 4.59. The van der Waals surface area contributed by atoms with Gasteiger partial charge in [-0.1, -0.05) is 41.4 Å². The molecule has 0 aliphatic heterocycles. The number of hydrogen-bond donors (Lipinski definition) is 4. The van der Waals surface area contributed by atoms with Crippen molar-refractivity contribution < 1.29 is 26.6 Å². The van der Waals surface area contributed by atoms with Gasteiger partial charge >= 0.3 is 16.3 Å². The molecule has 41 heavy (non-hydrogen) atoms. The molecule has 0 saturated heterocycles. The molecule has 6 N–H and O–H groups in total. The number of urea groups is 1. The summed E-state index contributed by atoms with van der Waals surface area (Å²) in [4.78, 5) is 20.1. The van der Waals surface area contributed by atoms with E-state index >= 15 is 0 Å². The van der Waals surface area contributed by atoms with Crippen molar-refractivity contribution in [2.24, 2.45) is 0 Å². The van der Waals surface area contributed by atoms with Crippen LogP contribution in [0.5, 0.6) is 11.5 Å².